The zero-order valence-electron chi connectivity index (χ0n) is 15.7. The summed E-state index contributed by atoms with van der Waals surface area (Å²) in [5.41, 5.74) is 2.62. The normalized spacial score (nSPS) is 16.4. The molecule has 7 nitrogen and oxygen atoms in total. The number of pyridine rings is 1. The van der Waals surface area contributed by atoms with Crippen LogP contribution in [0.4, 0.5) is 0 Å². The summed E-state index contributed by atoms with van der Waals surface area (Å²) in [6.07, 6.45) is 3.77. The van der Waals surface area contributed by atoms with Crippen LogP contribution in [0.2, 0.25) is 0 Å². The molecule has 1 aromatic carbocycles. The van der Waals surface area contributed by atoms with Crippen LogP contribution < -0.4 is 10.9 Å². The van der Waals surface area contributed by atoms with E-state index >= 15 is 0 Å². The topological polar surface area (TPSA) is 86.1 Å². The first-order valence-corrected chi connectivity index (χ1v) is 9.53. The van der Waals surface area contributed by atoms with Crippen LogP contribution in [0.3, 0.4) is 0 Å². The molecule has 2 aromatic heterocycles. The van der Waals surface area contributed by atoms with Crippen molar-refractivity contribution in [1.82, 2.24) is 19.9 Å². The predicted molar refractivity (Wildman–Crippen MR) is 106 cm³/mol. The van der Waals surface area contributed by atoms with Gasteiger partial charge in [0.1, 0.15) is 11.2 Å². The number of amides is 1. The van der Waals surface area contributed by atoms with Gasteiger partial charge in [-0.05, 0) is 44.0 Å². The number of fused-ring (bicyclic) bond motifs is 1. The summed E-state index contributed by atoms with van der Waals surface area (Å²) in [5.74, 6) is -0.149. The van der Waals surface area contributed by atoms with E-state index in [0.717, 1.165) is 19.4 Å². The Bertz CT molecular complexity index is 1050. The number of nitrogens with zero attached hydrogens (tertiary/aromatic N) is 3. The van der Waals surface area contributed by atoms with E-state index in [9.17, 15) is 9.59 Å². The van der Waals surface area contributed by atoms with E-state index in [1.165, 1.54) is 0 Å². The summed E-state index contributed by atoms with van der Waals surface area (Å²) in [5, 5.41) is 2.90. The van der Waals surface area contributed by atoms with Crippen molar-refractivity contribution in [3.05, 3.63) is 58.5 Å². The van der Waals surface area contributed by atoms with Gasteiger partial charge in [0, 0.05) is 37.0 Å². The fraction of sp³-hybridized carbons (Fsp3) is 0.333. The second-order valence-electron chi connectivity index (χ2n) is 6.78. The minimum atomic E-state index is -0.190. The molecule has 1 N–H and O–H groups in total. The molecule has 1 atom stereocenters. The highest BCUT2D eigenvalue weighted by atomic mass is 16.5. The van der Waals surface area contributed by atoms with Crippen molar-refractivity contribution >= 4 is 17.1 Å². The Morgan fingerprint density at radius 3 is 2.82 bits per heavy atom. The molecular weight excluding hydrogens is 356 g/mol. The predicted octanol–water partition coefficient (Wildman–Crippen LogP) is 2.39. The minimum absolute atomic E-state index is 0.103. The Morgan fingerprint density at radius 1 is 1.29 bits per heavy atom. The number of rotatable bonds is 5. The molecule has 1 aliphatic heterocycles. The summed E-state index contributed by atoms with van der Waals surface area (Å²) in [6, 6.07) is 10.6. The van der Waals surface area contributed by atoms with Gasteiger partial charge < -0.3 is 10.1 Å². The molecule has 3 heterocycles. The first-order chi connectivity index (χ1) is 13.7. The molecule has 28 heavy (non-hydrogen) atoms. The Labute approximate surface area is 162 Å². The fourth-order valence-electron chi connectivity index (χ4n) is 3.45. The number of ether oxygens (including phenoxy) is 1. The Morgan fingerprint density at radius 2 is 2.11 bits per heavy atom. The molecule has 1 fully saturated rings. The molecular formula is C21H22N4O3. The van der Waals surface area contributed by atoms with Crippen molar-refractivity contribution < 1.29 is 9.53 Å². The lowest BCUT2D eigenvalue weighted by molar-refractivity contribution is 0.0858. The minimum Gasteiger partial charge on any atom is -0.376 e. The van der Waals surface area contributed by atoms with Gasteiger partial charge in [-0.3, -0.25) is 14.2 Å². The molecule has 1 unspecified atom stereocenters. The average molecular weight is 378 g/mol. The molecule has 1 aliphatic rings. The highest BCUT2D eigenvalue weighted by Gasteiger charge is 2.17. The smallest absolute Gasteiger partial charge is 0.278 e. The van der Waals surface area contributed by atoms with Crippen LogP contribution >= 0.6 is 0 Å². The maximum atomic E-state index is 12.8. The van der Waals surface area contributed by atoms with Gasteiger partial charge in [0.05, 0.1) is 6.10 Å². The molecule has 0 spiro atoms. The number of hydrogen-bond acceptors (Lipinski definition) is 5. The molecule has 7 heteroatoms. The lowest BCUT2D eigenvalue weighted by Gasteiger charge is -2.11. The molecule has 1 amide bonds. The van der Waals surface area contributed by atoms with Crippen LogP contribution in [0.5, 0.6) is 0 Å². The van der Waals surface area contributed by atoms with Gasteiger partial charge in [-0.2, -0.15) is 0 Å². The average Bonchev–Trinajstić information content (AvgIpc) is 3.25. The van der Waals surface area contributed by atoms with Crippen molar-refractivity contribution in [1.29, 1.82) is 0 Å². The van der Waals surface area contributed by atoms with Crippen LogP contribution in [0.1, 0.15) is 30.1 Å². The molecule has 3 aromatic rings. The van der Waals surface area contributed by atoms with Crippen LogP contribution in [0.15, 0.2) is 47.4 Å². The Hall–Kier alpha value is -3.06. The number of nitrogens with one attached hydrogen (secondary N) is 1. The maximum absolute atomic E-state index is 12.8. The summed E-state index contributed by atoms with van der Waals surface area (Å²) < 4.78 is 7.13. The van der Waals surface area contributed by atoms with E-state index in [1.807, 2.05) is 13.0 Å². The standard InChI is InChI=1S/C21H22N4O3/c1-2-25-19-17(6-3-11-22-19)24-18(21(25)27)14-7-9-15(10-8-14)20(26)23-13-16-5-4-12-28-16/h3,6-11,16H,2,4-5,12-13H2,1H3,(H,23,26). The van der Waals surface area contributed by atoms with E-state index in [2.05, 4.69) is 15.3 Å². The van der Waals surface area contributed by atoms with Gasteiger partial charge in [0.2, 0.25) is 0 Å². The van der Waals surface area contributed by atoms with E-state index in [0.29, 0.717) is 41.1 Å². The molecule has 0 aliphatic carbocycles. The van der Waals surface area contributed by atoms with E-state index in [-0.39, 0.29) is 17.6 Å². The summed E-state index contributed by atoms with van der Waals surface area (Å²) >= 11 is 0. The van der Waals surface area contributed by atoms with Gasteiger partial charge in [-0.25, -0.2) is 9.97 Å². The van der Waals surface area contributed by atoms with Crippen molar-refractivity contribution in [2.75, 3.05) is 13.2 Å². The number of carbonyl (C=O) groups is 1. The number of hydrogen-bond donors (Lipinski definition) is 1. The largest absolute Gasteiger partial charge is 0.376 e. The SMILES string of the molecule is CCn1c(=O)c(-c2ccc(C(=O)NCC3CCCO3)cc2)nc2cccnc21. The van der Waals surface area contributed by atoms with Crippen LogP contribution in [0.25, 0.3) is 22.4 Å². The summed E-state index contributed by atoms with van der Waals surface area (Å²) in [4.78, 5) is 34.0. The molecule has 0 radical (unpaired) electrons. The molecule has 0 bridgehead atoms. The van der Waals surface area contributed by atoms with E-state index < -0.39 is 0 Å². The molecule has 1 saturated heterocycles. The van der Waals surface area contributed by atoms with E-state index in [1.54, 1.807) is 41.1 Å². The zero-order valence-corrected chi connectivity index (χ0v) is 15.7. The van der Waals surface area contributed by atoms with Crippen LogP contribution in [-0.2, 0) is 11.3 Å². The lowest BCUT2D eigenvalue weighted by Crippen LogP contribution is -2.31. The van der Waals surface area contributed by atoms with Crippen molar-refractivity contribution in [3.63, 3.8) is 0 Å². The third-order valence-corrected chi connectivity index (χ3v) is 4.95. The van der Waals surface area contributed by atoms with E-state index in [4.69, 9.17) is 4.74 Å². The zero-order chi connectivity index (χ0) is 19.5. The Kier molecular flexibility index (Phi) is 5.16. The third kappa shape index (κ3) is 3.53. The fourth-order valence-corrected chi connectivity index (χ4v) is 3.45. The van der Waals surface area contributed by atoms with Crippen molar-refractivity contribution in [2.24, 2.45) is 0 Å². The van der Waals surface area contributed by atoms with Gasteiger partial charge >= 0.3 is 0 Å². The quantitative estimate of drug-likeness (QED) is 0.737. The third-order valence-electron chi connectivity index (χ3n) is 4.95. The maximum Gasteiger partial charge on any atom is 0.278 e. The number of aryl methyl sites for hydroxylation is 1. The Balaban J connectivity index is 1.59. The second-order valence-corrected chi connectivity index (χ2v) is 6.78. The first kappa shape index (κ1) is 18.3. The molecule has 4 rings (SSSR count). The monoisotopic (exact) mass is 378 g/mol. The highest BCUT2D eigenvalue weighted by Crippen LogP contribution is 2.18. The number of carbonyl (C=O) groups excluding carboxylic acids is 1. The number of aromatic nitrogens is 3. The van der Waals surface area contributed by atoms with Gasteiger partial charge in [0.25, 0.3) is 11.5 Å². The second kappa shape index (κ2) is 7.90. The molecule has 0 saturated carbocycles. The first-order valence-electron chi connectivity index (χ1n) is 9.53. The van der Waals surface area contributed by atoms with Gasteiger partial charge in [-0.1, -0.05) is 12.1 Å². The highest BCUT2D eigenvalue weighted by molar-refractivity contribution is 5.94. The van der Waals surface area contributed by atoms with Gasteiger partial charge in [-0.15, -0.1) is 0 Å². The number of benzene rings is 1. The van der Waals surface area contributed by atoms with Crippen molar-refractivity contribution in [3.8, 4) is 11.3 Å². The molecule has 144 valence electrons. The van der Waals surface area contributed by atoms with Crippen molar-refractivity contribution in [2.45, 2.75) is 32.4 Å². The summed E-state index contributed by atoms with van der Waals surface area (Å²) in [7, 11) is 0. The summed E-state index contributed by atoms with van der Waals surface area (Å²) in [6.45, 7) is 3.69. The van der Waals surface area contributed by atoms with Crippen LogP contribution in [0, 0.1) is 0 Å². The lowest BCUT2D eigenvalue weighted by atomic mass is 10.1. The van der Waals surface area contributed by atoms with Crippen LogP contribution in [-0.4, -0.2) is 39.7 Å². The van der Waals surface area contributed by atoms with Gasteiger partial charge in [0.15, 0.2) is 5.65 Å².